The number of allylic oxidation sites excluding steroid dienone is 1. The number of carboxylic acid groups (broad SMARTS) is 1. The maximum Gasteiger partial charge on any atom is 0.328 e. The van der Waals surface area contributed by atoms with Crippen LogP contribution in [0.1, 0.15) is 13.3 Å². The minimum Gasteiger partial charge on any atom is -0.481 e. The highest BCUT2D eigenvalue weighted by Gasteiger charge is 2.17. The Morgan fingerprint density at radius 1 is 1.67 bits per heavy atom. The highest BCUT2D eigenvalue weighted by atomic mass is 16.5. The maximum absolute atomic E-state index is 10.8. The SMILES string of the molecule is CC=COC(=O)[C@@H](N)CC(=O)O. The number of ether oxygens (including phenoxy) is 1. The third-order valence-electron chi connectivity index (χ3n) is 1.02. The molecule has 0 rings (SSSR count). The summed E-state index contributed by atoms with van der Waals surface area (Å²) < 4.78 is 4.45. The van der Waals surface area contributed by atoms with Gasteiger partial charge >= 0.3 is 11.9 Å². The first-order valence-corrected chi connectivity index (χ1v) is 3.37. The molecule has 0 bridgehead atoms. The molecule has 5 heteroatoms. The molecule has 3 N–H and O–H groups in total. The average molecular weight is 173 g/mol. The number of hydrogen-bond acceptors (Lipinski definition) is 4. The van der Waals surface area contributed by atoms with Gasteiger partial charge in [0.2, 0.25) is 0 Å². The van der Waals surface area contributed by atoms with Crippen LogP contribution in [-0.2, 0) is 14.3 Å². The summed E-state index contributed by atoms with van der Waals surface area (Å²) in [5.74, 6) is -1.87. The molecule has 12 heavy (non-hydrogen) atoms. The van der Waals surface area contributed by atoms with Crippen LogP contribution < -0.4 is 5.73 Å². The van der Waals surface area contributed by atoms with Crippen LogP contribution in [0.4, 0.5) is 0 Å². The van der Waals surface area contributed by atoms with Crippen molar-refractivity contribution in [2.75, 3.05) is 0 Å². The molecular weight excluding hydrogens is 162 g/mol. The van der Waals surface area contributed by atoms with Crippen molar-refractivity contribution in [3.05, 3.63) is 12.3 Å². The van der Waals surface area contributed by atoms with Gasteiger partial charge in [-0.05, 0) is 6.92 Å². The van der Waals surface area contributed by atoms with Gasteiger partial charge in [0.25, 0.3) is 0 Å². The summed E-state index contributed by atoms with van der Waals surface area (Å²) in [5, 5.41) is 8.25. The van der Waals surface area contributed by atoms with Crippen molar-refractivity contribution in [3.63, 3.8) is 0 Å². The molecule has 0 saturated heterocycles. The number of carbonyl (C=O) groups excluding carboxylic acids is 1. The molecule has 1 atom stereocenters. The van der Waals surface area contributed by atoms with Gasteiger partial charge in [0.1, 0.15) is 6.04 Å². The second-order valence-corrected chi connectivity index (χ2v) is 2.11. The monoisotopic (exact) mass is 173 g/mol. The quantitative estimate of drug-likeness (QED) is 0.456. The van der Waals surface area contributed by atoms with E-state index < -0.39 is 24.4 Å². The van der Waals surface area contributed by atoms with E-state index in [1.807, 2.05) is 0 Å². The molecule has 0 aromatic rings. The number of carboxylic acids is 1. The molecule has 0 aromatic heterocycles. The molecule has 0 aliphatic carbocycles. The molecule has 0 aliphatic heterocycles. The van der Waals surface area contributed by atoms with E-state index in [1.54, 1.807) is 6.92 Å². The van der Waals surface area contributed by atoms with Crippen LogP contribution >= 0.6 is 0 Å². The Morgan fingerprint density at radius 2 is 2.25 bits per heavy atom. The standard InChI is InChI=1S/C7H11NO4/c1-2-3-12-7(11)5(8)4-6(9)10/h2-3,5H,4,8H2,1H3,(H,9,10)/t5-/m0/s1. The fourth-order valence-corrected chi connectivity index (χ4v) is 0.494. The highest BCUT2D eigenvalue weighted by molar-refractivity contribution is 5.81. The molecule has 0 fully saturated rings. The summed E-state index contributed by atoms with van der Waals surface area (Å²) >= 11 is 0. The van der Waals surface area contributed by atoms with Crippen molar-refractivity contribution in [2.24, 2.45) is 5.73 Å². The van der Waals surface area contributed by atoms with E-state index in [9.17, 15) is 9.59 Å². The van der Waals surface area contributed by atoms with E-state index in [4.69, 9.17) is 10.8 Å². The van der Waals surface area contributed by atoms with Gasteiger partial charge in [-0.1, -0.05) is 6.08 Å². The van der Waals surface area contributed by atoms with Crippen LogP contribution in [0.3, 0.4) is 0 Å². The van der Waals surface area contributed by atoms with Gasteiger partial charge < -0.3 is 15.6 Å². The van der Waals surface area contributed by atoms with Crippen molar-refractivity contribution in [3.8, 4) is 0 Å². The Morgan fingerprint density at radius 3 is 2.67 bits per heavy atom. The van der Waals surface area contributed by atoms with E-state index in [0.29, 0.717) is 0 Å². The molecule has 0 amide bonds. The van der Waals surface area contributed by atoms with E-state index >= 15 is 0 Å². The van der Waals surface area contributed by atoms with Gasteiger partial charge in [0, 0.05) is 0 Å². The fraction of sp³-hybridized carbons (Fsp3) is 0.429. The minimum atomic E-state index is -1.13. The summed E-state index contributed by atoms with van der Waals surface area (Å²) in [4.78, 5) is 20.9. The first kappa shape index (κ1) is 10.6. The Kier molecular flexibility index (Phi) is 4.71. The first-order valence-electron chi connectivity index (χ1n) is 3.37. The molecule has 5 nitrogen and oxygen atoms in total. The van der Waals surface area contributed by atoms with Crippen molar-refractivity contribution in [2.45, 2.75) is 19.4 Å². The molecule has 0 aromatic carbocycles. The Hall–Kier alpha value is -1.36. The molecule has 68 valence electrons. The molecular formula is C7H11NO4. The minimum absolute atomic E-state index is 0.420. The highest BCUT2D eigenvalue weighted by Crippen LogP contribution is 1.92. The maximum atomic E-state index is 10.8. The molecule has 0 radical (unpaired) electrons. The number of esters is 1. The Bertz CT molecular complexity index is 200. The van der Waals surface area contributed by atoms with E-state index in [0.717, 1.165) is 6.26 Å². The summed E-state index contributed by atoms with van der Waals surface area (Å²) in [7, 11) is 0. The van der Waals surface area contributed by atoms with E-state index in [1.165, 1.54) is 6.08 Å². The summed E-state index contributed by atoms with van der Waals surface area (Å²) in [6, 6.07) is -1.10. The number of aliphatic carboxylic acids is 1. The predicted molar refractivity (Wildman–Crippen MR) is 41.1 cm³/mol. The second kappa shape index (κ2) is 5.31. The molecule has 0 aliphatic rings. The van der Waals surface area contributed by atoms with Gasteiger partial charge in [-0.25, -0.2) is 4.79 Å². The lowest BCUT2D eigenvalue weighted by Gasteiger charge is -2.04. The molecule has 0 saturated carbocycles. The van der Waals surface area contributed by atoms with Crippen LogP contribution in [0.2, 0.25) is 0 Å². The molecule has 0 heterocycles. The number of rotatable bonds is 4. The van der Waals surface area contributed by atoms with Crippen molar-refractivity contribution >= 4 is 11.9 Å². The van der Waals surface area contributed by atoms with Gasteiger partial charge in [0.15, 0.2) is 0 Å². The summed E-state index contributed by atoms with van der Waals surface area (Å²) in [6.45, 7) is 1.66. The van der Waals surface area contributed by atoms with E-state index in [2.05, 4.69) is 4.74 Å². The van der Waals surface area contributed by atoms with Gasteiger partial charge in [0.05, 0.1) is 12.7 Å². The smallest absolute Gasteiger partial charge is 0.328 e. The van der Waals surface area contributed by atoms with Crippen LogP contribution in [-0.4, -0.2) is 23.1 Å². The first-order chi connectivity index (χ1) is 5.57. The van der Waals surface area contributed by atoms with Crippen molar-refractivity contribution < 1.29 is 19.4 Å². The lowest BCUT2D eigenvalue weighted by molar-refractivity contribution is -0.145. The van der Waals surface area contributed by atoms with Gasteiger partial charge in [-0.15, -0.1) is 0 Å². The lowest BCUT2D eigenvalue weighted by Crippen LogP contribution is -2.33. The Labute approximate surface area is 69.8 Å². The Balaban J connectivity index is 3.84. The van der Waals surface area contributed by atoms with Crippen molar-refractivity contribution in [1.29, 1.82) is 0 Å². The summed E-state index contributed by atoms with van der Waals surface area (Å²) in [5.41, 5.74) is 5.17. The van der Waals surface area contributed by atoms with Crippen LogP contribution in [0.5, 0.6) is 0 Å². The third kappa shape index (κ3) is 4.45. The second-order valence-electron chi connectivity index (χ2n) is 2.11. The fourth-order valence-electron chi connectivity index (χ4n) is 0.494. The van der Waals surface area contributed by atoms with E-state index in [-0.39, 0.29) is 0 Å². The van der Waals surface area contributed by atoms with Crippen LogP contribution in [0, 0.1) is 0 Å². The van der Waals surface area contributed by atoms with Gasteiger partial charge in [-0.3, -0.25) is 4.79 Å². The summed E-state index contributed by atoms with van der Waals surface area (Å²) in [6.07, 6.45) is 2.24. The van der Waals surface area contributed by atoms with Gasteiger partial charge in [-0.2, -0.15) is 0 Å². The average Bonchev–Trinajstić information content (AvgIpc) is 1.98. The number of carbonyl (C=O) groups is 2. The zero-order valence-corrected chi connectivity index (χ0v) is 6.69. The van der Waals surface area contributed by atoms with Crippen molar-refractivity contribution in [1.82, 2.24) is 0 Å². The molecule has 0 unspecified atom stereocenters. The third-order valence-corrected chi connectivity index (χ3v) is 1.02. The lowest BCUT2D eigenvalue weighted by atomic mass is 10.2. The zero-order chi connectivity index (χ0) is 9.56. The zero-order valence-electron chi connectivity index (χ0n) is 6.69. The number of hydrogen-bond donors (Lipinski definition) is 2. The topological polar surface area (TPSA) is 89.6 Å². The normalized spacial score (nSPS) is 12.8. The van der Waals surface area contributed by atoms with Crippen LogP contribution in [0.15, 0.2) is 12.3 Å². The van der Waals surface area contributed by atoms with Crippen LogP contribution in [0.25, 0.3) is 0 Å². The largest absolute Gasteiger partial charge is 0.481 e. The number of nitrogens with two attached hydrogens (primary N) is 1. The molecule has 0 spiro atoms. The predicted octanol–water partition coefficient (Wildman–Crippen LogP) is -0.135.